The van der Waals surface area contributed by atoms with E-state index in [-0.39, 0.29) is 11.7 Å². The lowest BCUT2D eigenvalue weighted by atomic mass is 9.91. The summed E-state index contributed by atoms with van der Waals surface area (Å²) >= 11 is 0. The highest BCUT2D eigenvalue weighted by Gasteiger charge is 2.28. The molecule has 5 rings (SSSR count). The first-order valence-corrected chi connectivity index (χ1v) is 12.6. The number of ether oxygens (including phenoxy) is 1. The van der Waals surface area contributed by atoms with Crippen LogP contribution in [-0.4, -0.2) is 58.1 Å². The molecule has 0 aliphatic carbocycles. The van der Waals surface area contributed by atoms with Gasteiger partial charge in [-0.2, -0.15) is 5.26 Å². The van der Waals surface area contributed by atoms with Gasteiger partial charge >= 0.3 is 0 Å². The smallest absolute Gasteiger partial charge is 0.141 e. The van der Waals surface area contributed by atoms with Crippen LogP contribution in [0, 0.1) is 23.1 Å². The van der Waals surface area contributed by atoms with Gasteiger partial charge in [-0.25, -0.2) is 4.39 Å². The topological polar surface area (TPSA) is 72.3 Å². The standard InChI is InChI=1S/C27H34FN5O/c28-25-16-21(3-4-22(25)17-29)24-15-19(14-23-18-30-10-13-34-23)2-5-26(24)33-11-6-20(7-12-33)27-31-8-1-9-32-27/h2-5,15-16,20,23,27,30-32H,1,6-14,18H2. The van der Waals surface area contributed by atoms with Crippen LogP contribution in [0.2, 0.25) is 0 Å². The van der Waals surface area contributed by atoms with Gasteiger partial charge in [0.25, 0.3) is 0 Å². The lowest BCUT2D eigenvalue weighted by Gasteiger charge is -2.40. The van der Waals surface area contributed by atoms with Crippen molar-refractivity contribution in [2.45, 2.75) is 38.0 Å². The summed E-state index contributed by atoms with van der Waals surface area (Å²) in [4.78, 5) is 2.44. The largest absolute Gasteiger partial charge is 0.375 e. The summed E-state index contributed by atoms with van der Waals surface area (Å²) in [6.07, 6.45) is 4.81. The second-order valence-corrected chi connectivity index (χ2v) is 9.62. The Morgan fingerprint density at radius 2 is 1.88 bits per heavy atom. The van der Waals surface area contributed by atoms with Gasteiger partial charge in [-0.3, -0.25) is 0 Å². The minimum atomic E-state index is -0.468. The Balaban J connectivity index is 1.39. The van der Waals surface area contributed by atoms with E-state index in [0.29, 0.717) is 12.1 Å². The first-order valence-electron chi connectivity index (χ1n) is 12.6. The maximum atomic E-state index is 14.6. The third-order valence-corrected chi connectivity index (χ3v) is 7.36. The molecule has 180 valence electrons. The normalized spacial score (nSPS) is 22.5. The SMILES string of the molecule is N#Cc1ccc(-c2cc(CC3CNCCO3)ccc2N2CCC(C3NCCCN3)CC2)cc1F. The van der Waals surface area contributed by atoms with E-state index in [9.17, 15) is 4.39 Å². The molecule has 3 aliphatic heterocycles. The summed E-state index contributed by atoms with van der Waals surface area (Å²) in [5, 5.41) is 19.8. The molecule has 0 saturated carbocycles. The lowest BCUT2D eigenvalue weighted by molar-refractivity contribution is 0.0292. The Morgan fingerprint density at radius 3 is 2.59 bits per heavy atom. The number of nitrogens with one attached hydrogen (secondary N) is 3. The molecule has 0 radical (unpaired) electrons. The minimum absolute atomic E-state index is 0.0800. The Morgan fingerprint density at radius 1 is 1.06 bits per heavy atom. The monoisotopic (exact) mass is 463 g/mol. The average molecular weight is 464 g/mol. The quantitative estimate of drug-likeness (QED) is 0.633. The van der Waals surface area contributed by atoms with Crippen molar-refractivity contribution in [2.24, 2.45) is 5.92 Å². The number of hydrogen-bond donors (Lipinski definition) is 3. The van der Waals surface area contributed by atoms with Gasteiger partial charge < -0.3 is 25.6 Å². The van der Waals surface area contributed by atoms with Crippen molar-refractivity contribution in [3.05, 3.63) is 53.3 Å². The molecule has 7 heteroatoms. The molecule has 3 heterocycles. The first-order chi connectivity index (χ1) is 16.7. The average Bonchev–Trinajstić information content (AvgIpc) is 2.90. The van der Waals surface area contributed by atoms with Crippen molar-refractivity contribution in [3.63, 3.8) is 0 Å². The first kappa shape index (κ1) is 23.3. The number of halogens is 1. The molecule has 0 spiro atoms. The molecule has 2 aromatic carbocycles. The summed E-state index contributed by atoms with van der Waals surface area (Å²) in [5.74, 6) is 0.159. The van der Waals surface area contributed by atoms with E-state index >= 15 is 0 Å². The molecule has 3 saturated heterocycles. The van der Waals surface area contributed by atoms with E-state index in [2.05, 4.69) is 39.0 Å². The highest BCUT2D eigenvalue weighted by atomic mass is 19.1. The van der Waals surface area contributed by atoms with Gasteiger partial charge in [-0.1, -0.05) is 12.1 Å². The molecule has 0 bridgehead atoms. The number of hydrogen-bond acceptors (Lipinski definition) is 6. The van der Waals surface area contributed by atoms with Crippen molar-refractivity contribution in [1.29, 1.82) is 5.26 Å². The number of anilines is 1. The lowest BCUT2D eigenvalue weighted by Crippen LogP contribution is -2.54. The van der Waals surface area contributed by atoms with Crippen molar-refractivity contribution < 1.29 is 9.13 Å². The second kappa shape index (κ2) is 10.8. The molecule has 3 N–H and O–H groups in total. The zero-order valence-corrected chi connectivity index (χ0v) is 19.7. The van der Waals surface area contributed by atoms with Gasteiger partial charge in [-0.05, 0) is 80.1 Å². The van der Waals surface area contributed by atoms with E-state index in [4.69, 9.17) is 10.00 Å². The van der Waals surface area contributed by atoms with Crippen LogP contribution in [0.5, 0.6) is 0 Å². The van der Waals surface area contributed by atoms with E-state index in [1.807, 2.05) is 12.1 Å². The van der Waals surface area contributed by atoms with Crippen molar-refractivity contribution in [3.8, 4) is 17.2 Å². The van der Waals surface area contributed by atoms with E-state index in [1.54, 1.807) is 6.07 Å². The predicted molar refractivity (Wildman–Crippen MR) is 132 cm³/mol. The van der Waals surface area contributed by atoms with E-state index in [1.165, 1.54) is 18.1 Å². The molecular weight excluding hydrogens is 429 g/mol. The molecule has 2 aromatic rings. The Kier molecular flexibility index (Phi) is 7.41. The zero-order valence-electron chi connectivity index (χ0n) is 19.7. The molecular formula is C27H34FN5O. The molecule has 1 unspecified atom stereocenters. The number of rotatable bonds is 5. The fourth-order valence-corrected chi connectivity index (χ4v) is 5.49. The molecule has 34 heavy (non-hydrogen) atoms. The van der Waals surface area contributed by atoms with Gasteiger partial charge in [0.1, 0.15) is 11.9 Å². The highest BCUT2D eigenvalue weighted by Crippen LogP contribution is 2.36. The third-order valence-electron chi connectivity index (χ3n) is 7.36. The number of morpholine rings is 1. The van der Waals surface area contributed by atoms with Crippen LogP contribution in [0.15, 0.2) is 36.4 Å². The summed E-state index contributed by atoms with van der Waals surface area (Å²) in [7, 11) is 0. The van der Waals surface area contributed by atoms with E-state index in [0.717, 1.165) is 82.0 Å². The molecule has 3 aliphatic rings. The van der Waals surface area contributed by atoms with Crippen molar-refractivity contribution in [1.82, 2.24) is 16.0 Å². The second-order valence-electron chi connectivity index (χ2n) is 9.62. The summed E-state index contributed by atoms with van der Waals surface area (Å²) in [6.45, 7) is 6.61. The maximum absolute atomic E-state index is 14.6. The zero-order chi connectivity index (χ0) is 23.3. The fraction of sp³-hybridized carbons (Fsp3) is 0.519. The Labute approximate surface area is 201 Å². The molecule has 0 aromatic heterocycles. The number of nitrogens with zero attached hydrogens (tertiary/aromatic N) is 2. The van der Waals surface area contributed by atoms with Crippen LogP contribution in [0.1, 0.15) is 30.4 Å². The van der Waals surface area contributed by atoms with Gasteiger partial charge in [0.15, 0.2) is 0 Å². The Hall–Kier alpha value is -2.50. The predicted octanol–water partition coefficient (Wildman–Crippen LogP) is 3.02. The number of benzene rings is 2. The summed E-state index contributed by atoms with van der Waals surface area (Å²) < 4.78 is 20.5. The molecule has 3 fully saturated rings. The van der Waals surface area contributed by atoms with Crippen LogP contribution < -0.4 is 20.9 Å². The number of piperidine rings is 1. The van der Waals surface area contributed by atoms with Crippen molar-refractivity contribution >= 4 is 5.69 Å². The molecule has 0 amide bonds. The van der Waals surface area contributed by atoms with Crippen molar-refractivity contribution in [2.75, 3.05) is 50.8 Å². The summed E-state index contributed by atoms with van der Waals surface area (Å²) in [6, 6.07) is 13.4. The molecule has 6 nitrogen and oxygen atoms in total. The summed E-state index contributed by atoms with van der Waals surface area (Å²) in [5.41, 5.74) is 4.24. The highest BCUT2D eigenvalue weighted by molar-refractivity contribution is 5.80. The van der Waals surface area contributed by atoms with Gasteiger partial charge in [0.2, 0.25) is 0 Å². The van der Waals surface area contributed by atoms with Crippen LogP contribution in [0.3, 0.4) is 0 Å². The molecule has 1 atom stereocenters. The maximum Gasteiger partial charge on any atom is 0.141 e. The van der Waals surface area contributed by atoms with Gasteiger partial charge in [0, 0.05) is 37.4 Å². The van der Waals surface area contributed by atoms with Crippen LogP contribution in [0.25, 0.3) is 11.1 Å². The number of nitriles is 1. The van der Waals surface area contributed by atoms with Gasteiger partial charge in [-0.15, -0.1) is 0 Å². The van der Waals surface area contributed by atoms with Crippen LogP contribution in [0.4, 0.5) is 10.1 Å². The fourth-order valence-electron chi connectivity index (χ4n) is 5.49. The van der Waals surface area contributed by atoms with Gasteiger partial charge in [0.05, 0.1) is 24.4 Å². The van der Waals surface area contributed by atoms with Crippen LogP contribution >= 0.6 is 0 Å². The minimum Gasteiger partial charge on any atom is -0.375 e. The van der Waals surface area contributed by atoms with Crippen LogP contribution in [-0.2, 0) is 11.2 Å². The Bertz CT molecular complexity index is 1020. The third kappa shape index (κ3) is 5.26. The van der Waals surface area contributed by atoms with E-state index < -0.39 is 5.82 Å².